The number of hydrogen-bond donors (Lipinski definition) is 0. The van der Waals surface area contributed by atoms with E-state index < -0.39 is 39.8 Å². The van der Waals surface area contributed by atoms with Crippen LogP contribution in [0.2, 0.25) is 0 Å². The van der Waals surface area contributed by atoms with Gasteiger partial charge in [0.1, 0.15) is 0 Å². The maximum absolute atomic E-state index is 14.7. The van der Waals surface area contributed by atoms with Crippen molar-refractivity contribution in [2.75, 3.05) is 0 Å². The van der Waals surface area contributed by atoms with Crippen LogP contribution in [-0.2, 0) is 5.67 Å². The van der Waals surface area contributed by atoms with E-state index in [1.807, 2.05) is 0 Å². The van der Waals surface area contributed by atoms with E-state index in [4.69, 9.17) is 0 Å². The van der Waals surface area contributed by atoms with Crippen LogP contribution in [-0.4, -0.2) is 17.3 Å². The summed E-state index contributed by atoms with van der Waals surface area (Å²) < 4.78 is 94.0. The summed E-state index contributed by atoms with van der Waals surface area (Å²) in [5.74, 6) is 0. The van der Waals surface area contributed by atoms with Gasteiger partial charge >= 0.3 is 18.0 Å². The summed E-state index contributed by atoms with van der Waals surface area (Å²) in [6, 6.07) is 6.71. The molecule has 0 aliphatic rings. The molecule has 0 fully saturated rings. The molecule has 2 aromatic carbocycles. The van der Waals surface area contributed by atoms with Gasteiger partial charge in [0.05, 0.1) is 4.92 Å². The molecule has 0 aliphatic heterocycles. The number of rotatable bonds is 3. The molecular formula is C17H11F7NO2. The van der Waals surface area contributed by atoms with E-state index in [-0.39, 0.29) is 16.7 Å². The molecule has 1 radical (unpaired) electrons. The first-order chi connectivity index (χ1) is 12.2. The largest absolute Gasteiger partial charge is 0.435 e. The van der Waals surface area contributed by atoms with Crippen LogP contribution in [0.5, 0.6) is 0 Å². The molecule has 0 aromatic heterocycles. The van der Waals surface area contributed by atoms with Crippen molar-refractivity contribution in [3.05, 3.63) is 63.2 Å². The lowest BCUT2D eigenvalue weighted by Crippen LogP contribution is -2.50. The molecule has 0 heterocycles. The Morgan fingerprint density at radius 3 is 1.81 bits per heavy atom. The topological polar surface area (TPSA) is 43.1 Å². The van der Waals surface area contributed by atoms with Crippen LogP contribution in [0.1, 0.15) is 16.7 Å². The number of alkyl halides is 7. The third-order valence-electron chi connectivity index (χ3n) is 3.91. The summed E-state index contributed by atoms with van der Waals surface area (Å²) in [6.07, 6.45) is -12.6. The Bertz CT molecular complexity index is 857. The lowest BCUT2D eigenvalue weighted by atomic mass is 9.83. The van der Waals surface area contributed by atoms with Gasteiger partial charge in [-0.2, -0.15) is 26.3 Å². The molecule has 0 unspecified atom stereocenters. The highest BCUT2D eigenvalue weighted by Crippen LogP contribution is 2.55. The molecule has 2 aromatic rings. The number of benzene rings is 2. The van der Waals surface area contributed by atoms with Crippen molar-refractivity contribution in [3.8, 4) is 11.1 Å². The van der Waals surface area contributed by atoms with Gasteiger partial charge in [-0.05, 0) is 54.3 Å². The van der Waals surface area contributed by atoms with E-state index in [9.17, 15) is 40.8 Å². The fourth-order valence-electron chi connectivity index (χ4n) is 2.74. The number of nitro groups is 1. The molecule has 10 heteroatoms. The molecule has 3 nitrogen and oxygen atoms in total. The zero-order chi connectivity index (χ0) is 20.8. The number of nitro benzene ring substituents is 1. The second-order valence-electron chi connectivity index (χ2n) is 5.82. The second kappa shape index (κ2) is 6.50. The van der Waals surface area contributed by atoms with Crippen molar-refractivity contribution in [1.82, 2.24) is 0 Å². The van der Waals surface area contributed by atoms with Gasteiger partial charge < -0.3 is 0 Å². The fraction of sp³-hybridized carbons (Fsp3) is 0.294. The molecule has 0 saturated carbocycles. The van der Waals surface area contributed by atoms with Crippen LogP contribution >= 0.6 is 0 Å². The third-order valence-corrected chi connectivity index (χ3v) is 3.91. The molecule has 0 N–H and O–H groups in total. The van der Waals surface area contributed by atoms with Gasteiger partial charge in [0, 0.05) is 17.7 Å². The van der Waals surface area contributed by atoms with Gasteiger partial charge in [0.2, 0.25) is 0 Å². The fourth-order valence-corrected chi connectivity index (χ4v) is 2.74. The smallest absolute Gasteiger partial charge is 0.258 e. The Hall–Kier alpha value is -2.65. The first-order valence-electron chi connectivity index (χ1n) is 7.31. The minimum atomic E-state index is -6.28. The Morgan fingerprint density at radius 2 is 1.41 bits per heavy atom. The standard InChI is InChI=1S/C17H11F7NO2/c1-9-7-10(2)14(11-3-5-12(6-4-11)25(26)27)13(8-9)15(18,16(19,20)21)17(22,23)24/h3-6,8H,1-2H3. The molecule has 0 atom stereocenters. The minimum absolute atomic E-state index is 0.122. The summed E-state index contributed by atoms with van der Waals surface area (Å²) in [4.78, 5) is 9.90. The number of nitrogens with zero attached hydrogens (tertiary/aromatic N) is 1. The first kappa shape index (κ1) is 20.7. The Labute approximate surface area is 148 Å². The highest BCUT2D eigenvalue weighted by molar-refractivity contribution is 5.73. The molecule has 0 aliphatic carbocycles. The zero-order valence-electron chi connectivity index (χ0n) is 13.8. The van der Waals surface area contributed by atoms with Crippen LogP contribution in [0, 0.1) is 30.0 Å². The van der Waals surface area contributed by atoms with E-state index in [2.05, 4.69) is 6.07 Å². The summed E-state index contributed by atoms with van der Waals surface area (Å²) in [7, 11) is 0. The molecular weight excluding hydrogens is 383 g/mol. The average Bonchev–Trinajstić information content (AvgIpc) is 2.51. The van der Waals surface area contributed by atoms with Gasteiger partial charge in [0.15, 0.2) is 0 Å². The van der Waals surface area contributed by atoms with Gasteiger partial charge in [-0.3, -0.25) is 10.1 Å². The van der Waals surface area contributed by atoms with E-state index in [1.165, 1.54) is 13.8 Å². The molecule has 0 spiro atoms. The van der Waals surface area contributed by atoms with Crippen LogP contribution in [0.3, 0.4) is 0 Å². The van der Waals surface area contributed by atoms with E-state index in [0.29, 0.717) is 6.07 Å². The van der Waals surface area contributed by atoms with Crippen molar-refractivity contribution in [2.45, 2.75) is 31.9 Å². The van der Waals surface area contributed by atoms with Crippen molar-refractivity contribution in [2.24, 2.45) is 0 Å². The van der Waals surface area contributed by atoms with Crippen LogP contribution in [0.4, 0.5) is 36.4 Å². The van der Waals surface area contributed by atoms with Gasteiger partial charge in [-0.1, -0.05) is 6.07 Å². The third kappa shape index (κ3) is 3.47. The monoisotopic (exact) mass is 394 g/mol. The number of hydrogen-bond acceptors (Lipinski definition) is 2. The lowest BCUT2D eigenvalue weighted by molar-refractivity contribution is -0.384. The summed E-state index contributed by atoms with van der Waals surface area (Å²) >= 11 is 0. The summed E-state index contributed by atoms with van der Waals surface area (Å²) in [6.45, 7) is 2.36. The minimum Gasteiger partial charge on any atom is -0.258 e. The maximum atomic E-state index is 14.7. The highest BCUT2D eigenvalue weighted by atomic mass is 19.4. The van der Waals surface area contributed by atoms with Gasteiger partial charge in [-0.15, -0.1) is 0 Å². The van der Waals surface area contributed by atoms with Crippen molar-refractivity contribution in [1.29, 1.82) is 0 Å². The SMILES string of the molecule is Cc1[c]c(C)c(-c2ccc([N+](=O)[O-])cc2)c(C(F)(C(F)(F)F)C(F)(F)F)c1. The van der Waals surface area contributed by atoms with Crippen molar-refractivity contribution >= 4 is 5.69 Å². The van der Waals surface area contributed by atoms with E-state index >= 15 is 0 Å². The summed E-state index contributed by atoms with van der Waals surface area (Å²) in [5.41, 5.74) is -8.87. The predicted octanol–water partition coefficient (Wildman–Crippen LogP) is 5.97. The second-order valence-corrected chi connectivity index (χ2v) is 5.82. The molecule has 0 bridgehead atoms. The Kier molecular flexibility index (Phi) is 4.98. The average molecular weight is 394 g/mol. The summed E-state index contributed by atoms with van der Waals surface area (Å²) in [5, 5.41) is 10.7. The number of non-ortho nitro benzene ring substituents is 1. The quantitative estimate of drug-likeness (QED) is 0.366. The van der Waals surface area contributed by atoms with E-state index in [1.54, 1.807) is 0 Å². The number of halogens is 7. The Balaban J connectivity index is 2.87. The van der Waals surface area contributed by atoms with Gasteiger partial charge in [-0.25, -0.2) is 4.39 Å². The Morgan fingerprint density at radius 1 is 0.926 bits per heavy atom. The normalized spacial score (nSPS) is 12.9. The number of aryl methyl sites for hydroxylation is 2. The molecule has 0 saturated heterocycles. The van der Waals surface area contributed by atoms with E-state index in [0.717, 1.165) is 24.3 Å². The van der Waals surface area contributed by atoms with Crippen LogP contribution in [0.15, 0.2) is 30.3 Å². The molecule has 0 amide bonds. The van der Waals surface area contributed by atoms with Crippen molar-refractivity contribution < 1.29 is 35.7 Å². The molecule has 145 valence electrons. The van der Waals surface area contributed by atoms with Crippen molar-refractivity contribution in [3.63, 3.8) is 0 Å². The lowest BCUT2D eigenvalue weighted by Gasteiger charge is -2.32. The zero-order valence-corrected chi connectivity index (χ0v) is 13.8. The molecule has 2 rings (SSSR count). The maximum Gasteiger partial charge on any atom is 0.435 e. The van der Waals surface area contributed by atoms with Crippen LogP contribution in [0.25, 0.3) is 11.1 Å². The highest BCUT2D eigenvalue weighted by Gasteiger charge is 2.74. The predicted molar refractivity (Wildman–Crippen MR) is 81.7 cm³/mol. The molecule has 27 heavy (non-hydrogen) atoms. The van der Waals surface area contributed by atoms with Gasteiger partial charge in [0.25, 0.3) is 5.69 Å². The van der Waals surface area contributed by atoms with Crippen LogP contribution < -0.4 is 0 Å². The first-order valence-corrected chi connectivity index (χ1v) is 7.31.